The van der Waals surface area contributed by atoms with E-state index in [2.05, 4.69) is 39.2 Å². The molecule has 1 aromatic carbocycles. The first-order chi connectivity index (χ1) is 12.2. The van der Waals surface area contributed by atoms with Crippen LogP contribution in [-0.2, 0) is 11.2 Å². The number of carbonyl (C=O) groups is 1. The number of rotatable bonds is 6. The highest BCUT2D eigenvalue weighted by Crippen LogP contribution is 2.12. The normalized spacial score (nSPS) is 15.2. The van der Waals surface area contributed by atoms with Crippen LogP contribution in [0.3, 0.4) is 0 Å². The van der Waals surface area contributed by atoms with E-state index in [1.165, 1.54) is 11.1 Å². The van der Waals surface area contributed by atoms with Gasteiger partial charge in [0.05, 0.1) is 6.54 Å². The highest BCUT2D eigenvalue weighted by atomic mass is 16.2. The molecule has 0 unspecified atom stereocenters. The van der Waals surface area contributed by atoms with Crippen molar-refractivity contribution < 1.29 is 4.79 Å². The number of pyridine rings is 1. The zero-order valence-corrected chi connectivity index (χ0v) is 14.8. The molecular formula is C20H26N4O. The number of piperazine rings is 1. The summed E-state index contributed by atoms with van der Waals surface area (Å²) < 4.78 is 0. The van der Waals surface area contributed by atoms with Crippen LogP contribution in [0.2, 0.25) is 0 Å². The van der Waals surface area contributed by atoms with Gasteiger partial charge in [-0.2, -0.15) is 0 Å². The number of benzene rings is 1. The molecule has 0 radical (unpaired) electrons. The first-order valence-corrected chi connectivity index (χ1v) is 8.92. The van der Waals surface area contributed by atoms with E-state index in [4.69, 9.17) is 0 Å². The summed E-state index contributed by atoms with van der Waals surface area (Å²) in [5.74, 6) is 1.13. The average Bonchev–Trinajstić information content (AvgIpc) is 2.65. The predicted octanol–water partition coefficient (Wildman–Crippen LogP) is 1.87. The smallest absolute Gasteiger partial charge is 0.234 e. The van der Waals surface area contributed by atoms with E-state index in [0.717, 1.165) is 38.4 Å². The quantitative estimate of drug-likeness (QED) is 0.874. The van der Waals surface area contributed by atoms with E-state index in [-0.39, 0.29) is 5.91 Å². The van der Waals surface area contributed by atoms with Gasteiger partial charge in [-0.05, 0) is 36.6 Å². The van der Waals surface area contributed by atoms with Crippen molar-refractivity contribution in [2.45, 2.75) is 13.3 Å². The van der Waals surface area contributed by atoms with Crippen LogP contribution in [-0.4, -0.2) is 55.1 Å². The standard InChI is InChI=1S/C20H26N4O/c1-17-6-2-3-7-18(17)9-11-22-20(25)16-23-12-14-24(15-13-23)19-8-4-5-10-21-19/h2-8,10H,9,11-16H2,1H3,(H,22,25). The summed E-state index contributed by atoms with van der Waals surface area (Å²) in [7, 11) is 0. The molecule has 3 rings (SSSR count). The van der Waals surface area contributed by atoms with E-state index in [0.29, 0.717) is 13.1 Å². The van der Waals surface area contributed by atoms with E-state index in [1.807, 2.05) is 36.5 Å². The van der Waals surface area contributed by atoms with E-state index in [1.54, 1.807) is 0 Å². The Morgan fingerprint density at radius 1 is 1.08 bits per heavy atom. The maximum atomic E-state index is 12.2. The molecule has 1 N–H and O–H groups in total. The SMILES string of the molecule is Cc1ccccc1CCNC(=O)CN1CCN(c2ccccn2)CC1. The van der Waals surface area contributed by atoms with Gasteiger partial charge in [0.15, 0.2) is 0 Å². The molecule has 132 valence electrons. The molecule has 5 nitrogen and oxygen atoms in total. The number of nitrogens with one attached hydrogen (secondary N) is 1. The third-order valence-electron chi connectivity index (χ3n) is 4.69. The van der Waals surface area contributed by atoms with Crippen LogP contribution in [0.5, 0.6) is 0 Å². The Morgan fingerprint density at radius 3 is 2.56 bits per heavy atom. The molecule has 0 atom stereocenters. The maximum Gasteiger partial charge on any atom is 0.234 e. The summed E-state index contributed by atoms with van der Waals surface area (Å²) in [6.07, 6.45) is 2.70. The molecule has 0 aliphatic carbocycles. The fourth-order valence-electron chi connectivity index (χ4n) is 3.16. The van der Waals surface area contributed by atoms with Crippen LogP contribution < -0.4 is 10.2 Å². The Balaban J connectivity index is 1.37. The van der Waals surface area contributed by atoms with E-state index < -0.39 is 0 Å². The van der Waals surface area contributed by atoms with Crippen molar-refractivity contribution in [3.63, 3.8) is 0 Å². The molecule has 1 amide bonds. The second kappa shape index (κ2) is 8.62. The van der Waals surface area contributed by atoms with Crippen LogP contribution >= 0.6 is 0 Å². The summed E-state index contributed by atoms with van der Waals surface area (Å²) in [6, 6.07) is 14.3. The lowest BCUT2D eigenvalue weighted by molar-refractivity contribution is -0.122. The monoisotopic (exact) mass is 338 g/mol. The van der Waals surface area contributed by atoms with Crippen molar-refractivity contribution in [1.29, 1.82) is 0 Å². The molecule has 0 spiro atoms. The van der Waals surface area contributed by atoms with Gasteiger partial charge < -0.3 is 10.2 Å². The average molecular weight is 338 g/mol. The highest BCUT2D eigenvalue weighted by molar-refractivity contribution is 5.78. The fourth-order valence-corrected chi connectivity index (χ4v) is 3.16. The van der Waals surface area contributed by atoms with Gasteiger partial charge in [0.1, 0.15) is 5.82 Å². The van der Waals surface area contributed by atoms with Crippen molar-refractivity contribution in [3.05, 3.63) is 59.8 Å². The van der Waals surface area contributed by atoms with Gasteiger partial charge in [0.25, 0.3) is 0 Å². The zero-order chi connectivity index (χ0) is 17.5. The van der Waals surface area contributed by atoms with Crippen LogP contribution in [0.4, 0.5) is 5.82 Å². The summed E-state index contributed by atoms with van der Waals surface area (Å²) in [5.41, 5.74) is 2.58. The van der Waals surface area contributed by atoms with Gasteiger partial charge in [-0.3, -0.25) is 9.69 Å². The number of amides is 1. The zero-order valence-electron chi connectivity index (χ0n) is 14.8. The van der Waals surface area contributed by atoms with E-state index >= 15 is 0 Å². The largest absolute Gasteiger partial charge is 0.355 e. The number of anilines is 1. The van der Waals surface area contributed by atoms with Crippen molar-refractivity contribution >= 4 is 11.7 Å². The van der Waals surface area contributed by atoms with Crippen LogP contribution in [0.15, 0.2) is 48.7 Å². The second-order valence-electron chi connectivity index (χ2n) is 6.48. The molecule has 1 fully saturated rings. The molecule has 1 saturated heterocycles. The third kappa shape index (κ3) is 5.03. The minimum absolute atomic E-state index is 0.111. The van der Waals surface area contributed by atoms with Crippen molar-refractivity contribution in [1.82, 2.24) is 15.2 Å². The minimum Gasteiger partial charge on any atom is -0.355 e. The Bertz CT molecular complexity index is 681. The first-order valence-electron chi connectivity index (χ1n) is 8.92. The molecule has 5 heteroatoms. The molecule has 2 heterocycles. The number of aromatic nitrogens is 1. The fraction of sp³-hybridized carbons (Fsp3) is 0.400. The van der Waals surface area contributed by atoms with Gasteiger partial charge in [-0.25, -0.2) is 4.98 Å². The lowest BCUT2D eigenvalue weighted by atomic mass is 10.1. The summed E-state index contributed by atoms with van der Waals surface area (Å²) in [4.78, 5) is 21.0. The van der Waals surface area contributed by atoms with Crippen molar-refractivity contribution in [3.8, 4) is 0 Å². The molecule has 1 aromatic heterocycles. The number of carbonyl (C=O) groups excluding carboxylic acids is 1. The molecule has 25 heavy (non-hydrogen) atoms. The topological polar surface area (TPSA) is 48.5 Å². The van der Waals surface area contributed by atoms with Gasteiger partial charge in [0, 0.05) is 38.9 Å². The van der Waals surface area contributed by atoms with Gasteiger partial charge >= 0.3 is 0 Å². The van der Waals surface area contributed by atoms with Crippen LogP contribution in [0.1, 0.15) is 11.1 Å². The number of hydrogen-bond donors (Lipinski definition) is 1. The number of hydrogen-bond acceptors (Lipinski definition) is 4. The van der Waals surface area contributed by atoms with E-state index in [9.17, 15) is 4.79 Å². The van der Waals surface area contributed by atoms with Crippen LogP contribution in [0, 0.1) is 6.92 Å². The second-order valence-corrected chi connectivity index (χ2v) is 6.48. The molecule has 1 aliphatic rings. The van der Waals surface area contributed by atoms with Gasteiger partial charge in [-0.1, -0.05) is 30.3 Å². The van der Waals surface area contributed by atoms with Gasteiger partial charge in [-0.15, -0.1) is 0 Å². The lowest BCUT2D eigenvalue weighted by Crippen LogP contribution is -2.49. The highest BCUT2D eigenvalue weighted by Gasteiger charge is 2.19. The lowest BCUT2D eigenvalue weighted by Gasteiger charge is -2.34. The summed E-state index contributed by atoms with van der Waals surface area (Å²) >= 11 is 0. The molecule has 0 saturated carbocycles. The van der Waals surface area contributed by atoms with Crippen molar-refractivity contribution in [2.24, 2.45) is 0 Å². The molecule has 0 bridgehead atoms. The van der Waals surface area contributed by atoms with Crippen LogP contribution in [0.25, 0.3) is 0 Å². The van der Waals surface area contributed by atoms with Crippen molar-refractivity contribution in [2.75, 3.05) is 44.2 Å². The molecule has 2 aromatic rings. The maximum absolute atomic E-state index is 12.2. The summed E-state index contributed by atoms with van der Waals surface area (Å²) in [5, 5.41) is 3.04. The summed E-state index contributed by atoms with van der Waals surface area (Å²) in [6.45, 7) is 6.88. The van der Waals surface area contributed by atoms with Gasteiger partial charge in [0.2, 0.25) is 5.91 Å². The Morgan fingerprint density at radius 2 is 1.84 bits per heavy atom. The Kier molecular flexibility index (Phi) is 6.01. The third-order valence-corrected chi connectivity index (χ3v) is 4.69. The Labute approximate surface area is 149 Å². The number of aryl methyl sites for hydroxylation is 1. The predicted molar refractivity (Wildman–Crippen MR) is 101 cm³/mol. The number of nitrogens with zero attached hydrogens (tertiary/aromatic N) is 3. The minimum atomic E-state index is 0.111. The first kappa shape index (κ1) is 17.4. The molecular weight excluding hydrogens is 312 g/mol. The Hall–Kier alpha value is -2.40. The molecule has 1 aliphatic heterocycles.